The normalized spacial score (nSPS) is 15.6. The highest BCUT2D eigenvalue weighted by molar-refractivity contribution is 8.18. The fourth-order valence-electron chi connectivity index (χ4n) is 2.32. The molecule has 0 unspecified atom stereocenters. The summed E-state index contributed by atoms with van der Waals surface area (Å²) < 4.78 is 10.1. The molecule has 7 nitrogen and oxygen atoms in total. The van der Waals surface area contributed by atoms with Crippen LogP contribution in [0.1, 0.15) is 16.1 Å². The average molecular weight is 372 g/mol. The Bertz CT molecular complexity index is 843. The molecule has 1 aliphatic heterocycles. The molecule has 2 heterocycles. The number of methoxy groups -OCH3 is 1. The maximum Gasteiger partial charge on any atom is 0.293 e. The Balaban J connectivity index is 1.59. The number of amides is 3. The molecule has 0 radical (unpaired) electrons. The van der Waals surface area contributed by atoms with E-state index in [-0.39, 0.29) is 30.0 Å². The first kappa shape index (κ1) is 17.8. The van der Waals surface area contributed by atoms with Crippen LogP contribution in [0.4, 0.5) is 4.79 Å². The third kappa shape index (κ3) is 3.97. The van der Waals surface area contributed by atoms with Crippen LogP contribution in [0.15, 0.2) is 52.0 Å². The molecular formula is C18H16N2O5S. The predicted octanol–water partition coefficient (Wildman–Crippen LogP) is 2.75. The van der Waals surface area contributed by atoms with Gasteiger partial charge in [0.1, 0.15) is 5.75 Å². The molecule has 1 saturated heterocycles. The number of nitrogens with one attached hydrogen (secondary N) is 1. The van der Waals surface area contributed by atoms with Crippen molar-refractivity contribution in [2.45, 2.75) is 0 Å². The van der Waals surface area contributed by atoms with Crippen LogP contribution < -0.4 is 10.1 Å². The molecule has 2 aromatic rings. The van der Waals surface area contributed by atoms with E-state index >= 15 is 0 Å². The van der Waals surface area contributed by atoms with Crippen molar-refractivity contribution in [3.63, 3.8) is 0 Å². The van der Waals surface area contributed by atoms with Gasteiger partial charge in [-0.25, -0.2) is 0 Å². The molecule has 3 amide bonds. The van der Waals surface area contributed by atoms with E-state index in [0.717, 1.165) is 22.2 Å². The molecule has 0 spiro atoms. The molecule has 0 saturated carbocycles. The van der Waals surface area contributed by atoms with Crippen molar-refractivity contribution in [3.05, 3.63) is 58.9 Å². The van der Waals surface area contributed by atoms with Crippen LogP contribution in [0.25, 0.3) is 6.08 Å². The van der Waals surface area contributed by atoms with Crippen LogP contribution in [-0.4, -0.2) is 42.2 Å². The highest BCUT2D eigenvalue weighted by Crippen LogP contribution is 2.32. The van der Waals surface area contributed by atoms with Gasteiger partial charge in [0.25, 0.3) is 17.1 Å². The molecule has 1 aromatic heterocycles. The van der Waals surface area contributed by atoms with Crippen LogP contribution >= 0.6 is 11.8 Å². The summed E-state index contributed by atoms with van der Waals surface area (Å²) in [4.78, 5) is 37.7. The van der Waals surface area contributed by atoms with Crippen molar-refractivity contribution in [1.82, 2.24) is 10.2 Å². The fourth-order valence-corrected chi connectivity index (χ4v) is 3.19. The van der Waals surface area contributed by atoms with Gasteiger partial charge in [-0.3, -0.25) is 19.3 Å². The lowest BCUT2D eigenvalue weighted by atomic mass is 10.2. The maximum atomic E-state index is 12.4. The Morgan fingerprint density at radius 2 is 2.04 bits per heavy atom. The molecule has 0 atom stereocenters. The smallest absolute Gasteiger partial charge is 0.293 e. The minimum absolute atomic E-state index is 0.0943. The number of carbonyl (C=O) groups is 3. The lowest BCUT2D eigenvalue weighted by Crippen LogP contribution is -2.37. The number of imide groups is 1. The number of ether oxygens (including phenoxy) is 1. The zero-order valence-electron chi connectivity index (χ0n) is 13.9. The van der Waals surface area contributed by atoms with Crippen LogP contribution in [0.2, 0.25) is 0 Å². The summed E-state index contributed by atoms with van der Waals surface area (Å²) in [7, 11) is 1.57. The van der Waals surface area contributed by atoms with Crippen molar-refractivity contribution in [2.24, 2.45) is 0 Å². The molecule has 0 aliphatic carbocycles. The van der Waals surface area contributed by atoms with E-state index in [1.807, 2.05) is 0 Å². The van der Waals surface area contributed by atoms with E-state index < -0.39 is 5.91 Å². The summed E-state index contributed by atoms with van der Waals surface area (Å²) in [5.41, 5.74) is 0.794. The Morgan fingerprint density at radius 1 is 1.27 bits per heavy atom. The number of nitrogens with zero attached hydrogens (tertiary/aromatic N) is 1. The lowest BCUT2D eigenvalue weighted by molar-refractivity contribution is -0.122. The van der Waals surface area contributed by atoms with Crippen molar-refractivity contribution >= 4 is 34.9 Å². The second-order valence-electron chi connectivity index (χ2n) is 5.34. The Morgan fingerprint density at radius 3 is 2.69 bits per heavy atom. The van der Waals surface area contributed by atoms with E-state index in [2.05, 4.69) is 5.32 Å². The molecule has 1 aromatic carbocycles. The fraction of sp³-hybridized carbons (Fsp3) is 0.167. The van der Waals surface area contributed by atoms with E-state index in [9.17, 15) is 14.4 Å². The summed E-state index contributed by atoms with van der Waals surface area (Å²) in [6.07, 6.45) is 3.06. The highest BCUT2D eigenvalue weighted by atomic mass is 32.2. The van der Waals surface area contributed by atoms with Gasteiger partial charge >= 0.3 is 0 Å². The number of furan rings is 1. The van der Waals surface area contributed by atoms with E-state index in [1.54, 1.807) is 43.5 Å². The SMILES string of the molecule is COc1ccc(C=C2SC(=O)N(CCNC(=O)c3ccco3)C2=O)cc1. The number of carbonyl (C=O) groups excluding carboxylic acids is 3. The molecule has 1 fully saturated rings. The van der Waals surface area contributed by atoms with Crippen LogP contribution in [0, 0.1) is 0 Å². The topological polar surface area (TPSA) is 88.8 Å². The summed E-state index contributed by atoms with van der Waals surface area (Å²) in [6.45, 7) is 0.241. The minimum Gasteiger partial charge on any atom is -0.497 e. The van der Waals surface area contributed by atoms with Gasteiger partial charge in [0.15, 0.2) is 5.76 Å². The summed E-state index contributed by atoms with van der Waals surface area (Å²) in [6, 6.07) is 10.3. The van der Waals surface area contributed by atoms with Crippen LogP contribution in [0.5, 0.6) is 5.75 Å². The first-order valence-corrected chi connectivity index (χ1v) is 8.61. The van der Waals surface area contributed by atoms with Gasteiger partial charge < -0.3 is 14.5 Å². The molecule has 3 rings (SSSR count). The monoisotopic (exact) mass is 372 g/mol. The van der Waals surface area contributed by atoms with Gasteiger partial charge in [0.05, 0.1) is 18.3 Å². The van der Waals surface area contributed by atoms with Gasteiger partial charge in [-0.1, -0.05) is 12.1 Å². The molecule has 0 bridgehead atoms. The van der Waals surface area contributed by atoms with E-state index in [1.165, 1.54) is 12.3 Å². The number of hydrogen-bond donors (Lipinski definition) is 1. The second kappa shape index (κ2) is 7.92. The predicted molar refractivity (Wildman–Crippen MR) is 96.7 cm³/mol. The van der Waals surface area contributed by atoms with Crippen molar-refractivity contribution in [2.75, 3.05) is 20.2 Å². The molecule has 8 heteroatoms. The standard InChI is InChI=1S/C18H16N2O5S/c1-24-13-6-4-12(5-7-13)11-15-17(22)20(18(23)26-15)9-8-19-16(21)14-3-2-10-25-14/h2-7,10-11H,8-9H2,1H3,(H,19,21). The van der Waals surface area contributed by atoms with Crippen LogP contribution in [-0.2, 0) is 4.79 Å². The molecule has 1 aliphatic rings. The maximum absolute atomic E-state index is 12.4. The Labute approximate surface area is 154 Å². The van der Waals surface area contributed by atoms with Crippen LogP contribution in [0.3, 0.4) is 0 Å². The number of rotatable bonds is 6. The molecular weight excluding hydrogens is 356 g/mol. The summed E-state index contributed by atoms with van der Waals surface area (Å²) >= 11 is 0.879. The van der Waals surface area contributed by atoms with Gasteiger partial charge in [0, 0.05) is 13.1 Å². The average Bonchev–Trinajstić information content (AvgIpc) is 3.27. The minimum atomic E-state index is -0.393. The zero-order chi connectivity index (χ0) is 18.5. The lowest BCUT2D eigenvalue weighted by Gasteiger charge is -2.12. The number of hydrogen-bond acceptors (Lipinski definition) is 6. The second-order valence-corrected chi connectivity index (χ2v) is 6.33. The number of benzene rings is 1. The van der Waals surface area contributed by atoms with Crippen molar-refractivity contribution < 1.29 is 23.5 Å². The largest absolute Gasteiger partial charge is 0.497 e. The summed E-state index contributed by atoms with van der Waals surface area (Å²) in [5.74, 6) is 0.125. The van der Waals surface area contributed by atoms with Gasteiger partial charge in [-0.2, -0.15) is 0 Å². The van der Waals surface area contributed by atoms with Crippen molar-refractivity contribution in [3.8, 4) is 5.75 Å². The third-order valence-corrected chi connectivity index (χ3v) is 4.56. The third-order valence-electron chi connectivity index (χ3n) is 3.65. The highest BCUT2D eigenvalue weighted by Gasteiger charge is 2.34. The van der Waals surface area contributed by atoms with Gasteiger partial charge in [-0.05, 0) is 47.7 Å². The molecule has 1 N–H and O–H groups in total. The first-order chi connectivity index (χ1) is 12.6. The zero-order valence-corrected chi connectivity index (χ0v) is 14.7. The van der Waals surface area contributed by atoms with E-state index in [0.29, 0.717) is 10.7 Å². The Kier molecular flexibility index (Phi) is 5.43. The Hall–Kier alpha value is -3.00. The van der Waals surface area contributed by atoms with Gasteiger partial charge in [0.2, 0.25) is 0 Å². The molecule has 134 valence electrons. The number of thioether (sulfide) groups is 1. The van der Waals surface area contributed by atoms with Crippen molar-refractivity contribution in [1.29, 1.82) is 0 Å². The van der Waals surface area contributed by atoms with E-state index in [4.69, 9.17) is 9.15 Å². The molecule has 26 heavy (non-hydrogen) atoms. The first-order valence-electron chi connectivity index (χ1n) is 7.79. The quantitative estimate of drug-likeness (QED) is 0.785. The summed E-state index contributed by atoms with van der Waals surface area (Å²) in [5, 5.41) is 2.25. The van der Waals surface area contributed by atoms with Gasteiger partial charge in [-0.15, -0.1) is 0 Å².